The number of thiazole rings is 1. The average Bonchev–Trinajstić information content (AvgIpc) is 2.53. The molecule has 0 aliphatic heterocycles. The second kappa shape index (κ2) is 4.00. The molecule has 0 aliphatic rings. The molecule has 0 bridgehead atoms. The molecule has 68 valence electrons. The van der Waals surface area contributed by atoms with Crippen molar-refractivity contribution in [1.82, 2.24) is 4.98 Å². The van der Waals surface area contributed by atoms with E-state index in [1.165, 1.54) is 17.5 Å². The first-order valence-electron chi connectivity index (χ1n) is 3.79. The second-order valence-corrected chi connectivity index (χ2v) is 5.65. The van der Waals surface area contributed by atoms with E-state index in [4.69, 9.17) is 0 Å². The highest BCUT2D eigenvalue weighted by Crippen LogP contribution is 2.14. The van der Waals surface area contributed by atoms with Gasteiger partial charge in [-0.2, -0.15) is 0 Å². The summed E-state index contributed by atoms with van der Waals surface area (Å²) in [5.74, 6) is 0.219. The maximum atomic E-state index is 11.4. The molecule has 0 atom stereocenters. The zero-order valence-corrected chi connectivity index (χ0v) is 8.49. The molecule has 0 saturated heterocycles. The van der Waals surface area contributed by atoms with Crippen LogP contribution in [0.15, 0.2) is 15.9 Å². The Bertz CT molecular complexity index is 315. The van der Waals surface area contributed by atoms with Gasteiger partial charge in [-0.15, -0.1) is 11.3 Å². The fraction of sp³-hybridized carbons (Fsp3) is 0.571. The van der Waals surface area contributed by atoms with E-state index >= 15 is 0 Å². The van der Waals surface area contributed by atoms with E-state index in [1.54, 1.807) is 5.38 Å². The first-order valence-corrected chi connectivity index (χ1v) is 6.32. The Kier molecular flexibility index (Phi) is 3.22. The molecular formula is C7H11NO2S2. The summed E-state index contributed by atoms with van der Waals surface area (Å²) >= 11 is 1.18. The van der Waals surface area contributed by atoms with Gasteiger partial charge in [-0.25, -0.2) is 13.4 Å². The normalized spacial score (nSPS) is 11.8. The Morgan fingerprint density at radius 2 is 2.33 bits per heavy atom. The minimum Gasteiger partial charge on any atom is -0.234 e. The van der Waals surface area contributed by atoms with Crippen molar-refractivity contribution >= 4 is 21.2 Å². The summed E-state index contributed by atoms with van der Waals surface area (Å²) in [4.78, 5) is 3.77. The molecule has 0 saturated carbocycles. The summed E-state index contributed by atoms with van der Waals surface area (Å²) in [5.41, 5.74) is 0. The zero-order valence-electron chi connectivity index (χ0n) is 6.86. The molecule has 5 heteroatoms. The average molecular weight is 205 g/mol. The maximum Gasteiger partial charge on any atom is 0.209 e. The lowest BCUT2D eigenvalue weighted by Crippen LogP contribution is -2.05. The quantitative estimate of drug-likeness (QED) is 0.752. The van der Waals surface area contributed by atoms with Gasteiger partial charge in [0.05, 0.1) is 5.75 Å². The highest BCUT2D eigenvalue weighted by atomic mass is 32.2. The molecule has 0 unspecified atom stereocenters. The van der Waals surface area contributed by atoms with Crippen LogP contribution in [0.1, 0.15) is 19.8 Å². The third-order valence-electron chi connectivity index (χ3n) is 1.44. The van der Waals surface area contributed by atoms with Crippen LogP contribution < -0.4 is 0 Å². The molecular weight excluding hydrogens is 194 g/mol. The molecule has 3 nitrogen and oxygen atoms in total. The van der Waals surface area contributed by atoms with Crippen LogP contribution >= 0.6 is 11.3 Å². The Morgan fingerprint density at radius 3 is 2.83 bits per heavy atom. The number of hydrogen-bond acceptors (Lipinski definition) is 4. The Labute approximate surface area is 76.4 Å². The highest BCUT2D eigenvalue weighted by Gasteiger charge is 2.15. The molecule has 12 heavy (non-hydrogen) atoms. The van der Waals surface area contributed by atoms with Gasteiger partial charge in [-0.1, -0.05) is 13.3 Å². The van der Waals surface area contributed by atoms with Crippen LogP contribution in [0.4, 0.5) is 0 Å². The molecule has 0 aromatic carbocycles. The number of hydrogen-bond donors (Lipinski definition) is 0. The van der Waals surface area contributed by atoms with Gasteiger partial charge in [0.2, 0.25) is 14.2 Å². The fourth-order valence-electron chi connectivity index (χ4n) is 0.786. The molecule has 0 radical (unpaired) electrons. The Hall–Kier alpha value is -0.420. The van der Waals surface area contributed by atoms with E-state index in [-0.39, 0.29) is 10.1 Å². The summed E-state index contributed by atoms with van der Waals surface area (Å²) in [6, 6.07) is 0. The summed E-state index contributed by atoms with van der Waals surface area (Å²) in [6.07, 6.45) is 3.12. The molecule has 1 aromatic heterocycles. The lowest BCUT2D eigenvalue weighted by molar-refractivity contribution is 0.592. The van der Waals surface area contributed by atoms with E-state index < -0.39 is 9.84 Å². The number of aromatic nitrogens is 1. The summed E-state index contributed by atoms with van der Waals surface area (Å²) in [7, 11) is -3.07. The van der Waals surface area contributed by atoms with Crippen LogP contribution in [0, 0.1) is 0 Å². The largest absolute Gasteiger partial charge is 0.234 e. The predicted molar refractivity (Wildman–Crippen MR) is 49.1 cm³/mol. The molecule has 0 aliphatic carbocycles. The third-order valence-corrected chi connectivity index (χ3v) is 4.52. The van der Waals surface area contributed by atoms with Crippen molar-refractivity contribution in [3.63, 3.8) is 0 Å². The summed E-state index contributed by atoms with van der Waals surface area (Å²) in [5, 5.41) is 1.68. The Morgan fingerprint density at radius 1 is 1.58 bits per heavy atom. The minimum atomic E-state index is -3.07. The lowest BCUT2D eigenvalue weighted by Gasteiger charge is -1.96. The standard InChI is InChI=1S/C7H11NO2S2/c1-2-3-6-12(9,10)7-8-4-5-11-7/h4-5H,2-3,6H2,1H3. The van der Waals surface area contributed by atoms with Gasteiger partial charge >= 0.3 is 0 Å². The maximum absolute atomic E-state index is 11.4. The van der Waals surface area contributed by atoms with Crippen molar-refractivity contribution in [3.8, 4) is 0 Å². The van der Waals surface area contributed by atoms with Crippen molar-refractivity contribution in [2.75, 3.05) is 5.75 Å². The van der Waals surface area contributed by atoms with Crippen molar-refractivity contribution in [2.24, 2.45) is 0 Å². The molecule has 1 rings (SSSR count). The van der Waals surface area contributed by atoms with Crippen LogP contribution in [0.5, 0.6) is 0 Å². The van der Waals surface area contributed by atoms with Crippen LogP contribution in [0.25, 0.3) is 0 Å². The van der Waals surface area contributed by atoms with Crippen LogP contribution in [-0.4, -0.2) is 19.2 Å². The molecule has 1 heterocycles. The van der Waals surface area contributed by atoms with Crippen molar-refractivity contribution in [3.05, 3.63) is 11.6 Å². The van der Waals surface area contributed by atoms with Crippen LogP contribution in [0.3, 0.4) is 0 Å². The SMILES string of the molecule is CCCCS(=O)(=O)c1nccs1. The number of sulfone groups is 1. The topological polar surface area (TPSA) is 47.0 Å². The number of nitrogens with zero attached hydrogens (tertiary/aromatic N) is 1. The van der Waals surface area contributed by atoms with Gasteiger partial charge < -0.3 is 0 Å². The molecule has 0 spiro atoms. The molecule has 0 amide bonds. The van der Waals surface area contributed by atoms with Gasteiger partial charge in [0.25, 0.3) is 0 Å². The number of unbranched alkanes of at least 4 members (excludes halogenated alkanes) is 1. The lowest BCUT2D eigenvalue weighted by atomic mass is 10.4. The van der Waals surface area contributed by atoms with Crippen molar-refractivity contribution in [1.29, 1.82) is 0 Å². The molecule has 0 N–H and O–H groups in total. The van der Waals surface area contributed by atoms with E-state index in [9.17, 15) is 8.42 Å². The van der Waals surface area contributed by atoms with E-state index in [0.29, 0.717) is 6.42 Å². The van der Waals surface area contributed by atoms with Gasteiger partial charge in [-0.05, 0) is 6.42 Å². The fourth-order valence-corrected chi connectivity index (χ4v) is 3.21. The monoisotopic (exact) mass is 205 g/mol. The van der Waals surface area contributed by atoms with Gasteiger partial charge in [0.1, 0.15) is 0 Å². The second-order valence-electron chi connectivity index (χ2n) is 2.47. The van der Waals surface area contributed by atoms with Crippen molar-refractivity contribution in [2.45, 2.75) is 24.1 Å². The molecule has 1 aromatic rings. The van der Waals surface area contributed by atoms with Crippen LogP contribution in [-0.2, 0) is 9.84 Å². The third kappa shape index (κ3) is 2.28. The van der Waals surface area contributed by atoms with E-state index in [1.807, 2.05) is 6.92 Å². The van der Waals surface area contributed by atoms with E-state index in [0.717, 1.165) is 6.42 Å². The Balaban J connectivity index is 2.74. The summed E-state index contributed by atoms with van der Waals surface area (Å²) in [6.45, 7) is 1.97. The summed E-state index contributed by atoms with van der Waals surface area (Å²) < 4.78 is 23.0. The minimum absolute atomic E-state index is 0.219. The van der Waals surface area contributed by atoms with Crippen molar-refractivity contribution < 1.29 is 8.42 Å². The van der Waals surface area contributed by atoms with Gasteiger partial charge in [-0.3, -0.25) is 0 Å². The van der Waals surface area contributed by atoms with Crippen LogP contribution in [0.2, 0.25) is 0 Å². The van der Waals surface area contributed by atoms with E-state index in [2.05, 4.69) is 4.98 Å². The first kappa shape index (κ1) is 9.67. The smallest absolute Gasteiger partial charge is 0.209 e. The number of rotatable bonds is 4. The van der Waals surface area contributed by atoms with Gasteiger partial charge in [0.15, 0.2) is 0 Å². The van der Waals surface area contributed by atoms with Gasteiger partial charge in [0, 0.05) is 11.6 Å². The first-order chi connectivity index (χ1) is 5.67. The highest BCUT2D eigenvalue weighted by molar-refractivity contribution is 7.93. The molecule has 0 fully saturated rings. The predicted octanol–water partition coefficient (Wildman–Crippen LogP) is 1.72. The zero-order chi connectivity index (χ0) is 9.03.